The number of hydrogen-bond acceptors (Lipinski definition) is 4. The molecule has 1 fully saturated rings. The average molecular weight is 413 g/mol. The van der Waals surface area contributed by atoms with Gasteiger partial charge in [0.05, 0.1) is 23.5 Å². The predicted octanol–water partition coefficient (Wildman–Crippen LogP) is 5.19. The van der Waals surface area contributed by atoms with Crippen LogP contribution in [0.5, 0.6) is 5.75 Å². The predicted molar refractivity (Wildman–Crippen MR) is 116 cm³/mol. The highest BCUT2D eigenvalue weighted by Gasteiger charge is 2.35. The van der Waals surface area contributed by atoms with Crippen LogP contribution in [0.15, 0.2) is 42.9 Å². The van der Waals surface area contributed by atoms with Crippen LogP contribution < -0.4 is 10.1 Å². The van der Waals surface area contributed by atoms with Crippen molar-refractivity contribution in [2.75, 3.05) is 5.32 Å². The Balaban J connectivity index is 0.000000269. The Hall–Kier alpha value is -2.96. The summed E-state index contributed by atoms with van der Waals surface area (Å²) in [5.41, 5.74) is 1.46. The largest absolute Gasteiger partial charge is 0.490 e. The normalized spacial score (nSPS) is 21.5. The second-order valence-corrected chi connectivity index (χ2v) is 7.96. The summed E-state index contributed by atoms with van der Waals surface area (Å²) in [5.74, 6) is 2.65. The Bertz CT molecular complexity index is 948. The number of nitrogens with zero attached hydrogens (tertiary/aromatic N) is 2. The van der Waals surface area contributed by atoms with Crippen LogP contribution in [0, 0.1) is 23.6 Å². The van der Waals surface area contributed by atoms with Gasteiger partial charge in [-0.15, -0.1) is 0 Å². The molecule has 1 aliphatic rings. The number of hydrogen-bond donors (Lipinski definition) is 2. The lowest BCUT2D eigenvalue weighted by molar-refractivity contribution is -0.105. The van der Waals surface area contributed by atoms with E-state index < -0.39 is 0 Å². The zero-order valence-electron chi connectivity index (χ0n) is 17.6. The molecule has 4 unspecified atom stereocenters. The summed E-state index contributed by atoms with van der Waals surface area (Å²) in [6.45, 7) is 6.91. The molecule has 7 heteroatoms. The molecule has 1 aromatic carbocycles. The summed E-state index contributed by atoms with van der Waals surface area (Å²) >= 11 is 0. The number of fused-ring (bicyclic) bond motifs is 1. The summed E-state index contributed by atoms with van der Waals surface area (Å²) in [7, 11) is 0. The van der Waals surface area contributed by atoms with Gasteiger partial charge in [0.2, 0.25) is 6.41 Å². The minimum absolute atomic E-state index is 0.225. The lowest BCUT2D eigenvalue weighted by Gasteiger charge is -2.21. The fourth-order valence-electron chi connectivity index (χ4n) is 4.19. The third-order valence-corrected chi connectivity index (χ3v) is 5.96. The highest BCUT2D eigenvalue weighted by Crippen LogP contribution is 2.40. The van der Waals surface area contributed by atoms with E-state index in [1.165, 1.54) is 24.8 Å². The van der Waals surface area contributed by atoms with Crippen molar-refractivity contribution in [2.24, 2.45) is 17.8 Å². The molecule has 1 saturated carbocycles. The smallest absolute Gasteiger partial charge is 0.211 e. The maximum absolute atomic E-state index is 13.5. The molecule has 4 rings (SSSR count). The number of amides is 1. The molecule has 1 aliphatic carbocycles. The second-order valence-electron chi connectivity index (χ2n) is 7.96. The van der Waals surface area contributed by atoms with Crippen LogP contribution in [0.4, 0.5) is 10.1 Å². The van der Waals surface area contributed by atoms with Gasteiger partial charge < -0.3 is 10.1 Å². The first-order valence-electron chi connectivity index (χ1n) is 10.4. The number of carbonyl (C=O) groups excluding carboxylic acids is 1. The SMILES string of the molecule is CCC(C)C1CC(Oc2ccnc3ccc(F)cc23)CC1C.O=CNc1cn[nH]c1. The van der Waals surface area contributed by atoms with Gasteiger partial charge in [-0.1, -0.05) is 27.2 Å². The van der Waals surface area contributed by atoms with E-state index in [1.54, 1.807) is 18.5 Å². The lowest BCUT2D eigenvalue weighted by Crippen LogP contribution is -2.15. The molecule has 4 atom stereocenters. The van der Waals surface area contributed by atoms with Gasteiger partial charge >= 0.3 is 0 Å². The molecule has 2 aromatic heterocycles. The van der Waals surface area contributed by atoms with Crippen LogP contribution in [0.25, 0.3) is 10.9 Å². The number of nitrogens with one attached hydrogen (secondary N) is 2. The van der Waals surface area contributed by atoms with E-state index in [4.69, 9.17) is 4.74 Å². The number of aromatic nitrogens is 3. The monoisotopic (exact) mass is 412 g/mol. The van der Waals surface area contributed by atoms with Crippen molar-refractivity contribution in [3.8, 4) is 5.75 Å². The van der Waals surface area contributed by atoms with Gasteiger partial charge in [-0.25, -0.2) is 4.39 Å². The van der Waals surface area contributed by atoms with Crippen LogP contribution in [-0.2, 0) is 4.79 Å². The fourth-order valence-corrected chi connectivity index (χ4v) is 4.19. The topological polar surface area (TPSA) is 79.9 Å². The number of pyridine rings is 1. The van der Waals surface area contributed by atoms with Gasteiger partial charge in [0.15, 0.2) is 0 Å². The first-order chi connectivity index (χ1) is 14.5. The molecule has 2 N–H and O–H groups in total. The minimum atomic E-state index is -0.248. The third-order valence-electron chi connectivity index (χ3n) is 5.96. The van der Waals surface area contributed by atoms with E-state index in [1.807, 2.05) is 6.07 Å². The fraction of sp³-hybridized carbons (Fsp3) is 0.435. The molecule has 0 spiro atoms. The summed E-state index contributed by atoms with van der Waals surface area (Å²) in [5, 5.41) is 9.32. The van der Waals surface area contributed by atoms with E-state index in [9.17, 15) is 9.18 Å². The molecular formula is C23H29FN4O2. The third kappa shape index (κ3) is 5.34. The van der Waals surface area contributed by atoms with E-state index in [2.05, 4.69) is 41.3 Å². The zero-order chi connectivity index (χ0) is 21.5. The summed E-state index contributed by atoms with van der Waals surface area (Å²) < 4.78 is 19.8. The molecular weight excluding hydrogens is 383 g/mol. The summed E-state index contributed by atoms with van der Waals surface area (Å²) in [6.07, 6.45) is 9.06. The van der Waals surface area contributed by atoms with Gasteiger partial charge in [0.25, 0.3) is 0 Å². The number of anilines is 1. The molecule has 3 aromatic rings. The number of aromatic amines is 1. The first-order valence-corrected chi connectivity index (χ1v) is 10.4. The van der Waals surface area contributed by atoms with Crippen molar-refractivity contribution in [1.29, 1.82) is 0 Å². The van der Waals surface area contributed by atoms with Crippen LogP contribution >= 0.6 is 0 Å². The van der Waals surface area contributed by atoms with Crippen molar-refractivity contribution >= 4 is 23.0 Å². The van der Waals surface area contributed by atoms with E-state index in [-0.39, 0.29) is 11.9 Å². The van der Waals surface area contributed by atoms with Crippen molar-refractivity contribution in [1.82, 2.24) is 15.2 Å². The molecule has 0 saturated heterocycles. The van der Waals surface area contributed by atoms with Gasteiger partial charge in [-0.3, -0.25) is 14.9 Å². The van der Waals surface area contributed by atoms with Crippen molar-refractivity contribution in [3.63, 3.8) is 0 Å². The standard InChI is InChI=1S/C19H24FNO.C4H5N3O/c1-4-12(2)16-11-15(9-13(16)3)22-19-7-8-21-18-6-5-14(20)10-17(18)19;8-3-5-4-1-6-7-2-4/h5-8,10,12-13,15-16H,4,9,11H2,1-3H3;1-3H,(H,5,8)(H,6,7). The van der Waals surface area contributed by atoms with Gasteiger partial charge in [0, 0.05) is 17.8 Å². The van der Waals surface area contributed by atoms with E-state index >= 15 is 0 Å². The maximum atomic E-state index is 13.5. The first kappa shape index (κ1) is 21.7. The summed E-state index contributed by atoms with van der Waals surface area (Å²) in [6, 6.07) is 6.51. The van der Waals surface area contributed by atoms with Crippen molar-refractivity contribution in [3.05, 3.63) is 48.7 Å². The molecule has 0 bridgehead atoms. The Labute approximate surface area is 176 Å². The van der Waals surface area contributed by atoms with E-state index in [0.29, 0.717) is 18.0 Å². The van der Waals surface area contributed by atoms with Gasteiger partial charge in [-0.2, -0.15) is 5.10 Å². The Morgan fingerprint density at radius 3 is 2.90 bits per heavy atom. The number of halogens is 1. The molecule has 2 heterocycles. The number of benzene rings is 1. The van der Waals surface area contributed by atoms with Crippen molar-refractivity contribution in [2.45, 2.75) is 46.1 Å². The summed E-state index contributed by atoms with van der Waals surface area (Å²) in [4.78, 5) is 14.0. The Kier molecular flexibility index (Phi) is 7.38. The van der Waals surface area contributed by atoms with Crippen LogP contribution in [0.3, 0.4) is 0 Å². The molecule has 6 nitrogen and oxygen atoms in total. The van der Waals surface area contributed by atoms with Crippen LogP contribution in [-0.4, -0.2) is 27.7 Å². The zero-order valence-corrected chi connectivity index (χ0v) is 17.6. The quantitative estimate of drug-likeness (QED) is 0.546. The highest BCUT2D eigenvalue weighted by atomic mass is 19.1. The van der Waals surface area contributed by atoms with Gasteiger partial charge in [0.1, 0.15) is 11.6 Å². The average Bonchev–Trinajstić information content (AvgIpc) is 3.38. The molecule has 160 valence electrons. The molecule has 0 aliphatic heterocycles. The number of carbonyl (C=O) groups is 1. The number of rotatable bonds is 6. The molecule has 0 radical (unpaired) electrons. The highest BCUT2D eigenvalue weighted by molar-refractivity contribution is 5.84. The van der Waals surface area contributed by atoms with E-state index in [0.717, 1.165) is 41.3 Å². The molecule has 30 heavy (non-hydrogen) atoms. The number of ether oxygens (including phenoxy) is 1. The van der Waals surface area contributed by atoms with Crippen LogP contribution in [0.1, 0.15) is 40.0 Å². The lowest BCUT2D eigenvalue weighted by atomic mass is 9.84. The second kappa shape index (κ2) is 10.2. The maximum Gasteiger partial charge on any atom is 0.211 e. The van der Waals surface area contributed by atoms with Crippen molar-refractivity contribution < 1.29 is 13.9 Å². The Morgan fingerprint density at radius 1 is 1.37 bits per heavy atom. The van der Waals surface area contributed by atoms with Crippen LogP contribution in [0.2, 0.25) is 0 Å². The van der Waals surface area contributed by atoms with Gasteiger partial charge in [-0.05, 0) is 54.9 Å². The Morgan fingerprint density at radius 2 is 2.20 bits per heavy atom. The molecule has 1 amide bonds. The number of H-pyrrole nitrogens is 1. The minimum Gasteiger partial charge on any atom is -0.490 e.